The van der Waals surface area contributed by atoms with Crippen LogP contribution in [0.5, 0.6) is 0 Å². The number of hydrogen-bond donors (Lipinski definition) is 1. The summed E-state index contributed by atoms with van der Waals surface area (Å²) in [6.07, 6.45) is 6.49. The van der Waals surface area contributed by atoms with Gasteiger partial charge in [0.25, 0.3) is 0 Å². The third-order valence-corrected chi connectivity index (χ3v) is 3.82. The highest BCUT2D eigenvalue weighted by molar-refractivity contribution is 5.35. The highest BCUT2D eigenvalue weighted by Gasteiger charge is 2.10. The van der Waals surface area contributed by atoms with Crippen LogP contribution < -0.4 is 5.32 Å². The molecule has 0 radical (unpaired) electrons. The number of aryl methyl sites for hydroxylation is 3. The zero-order valence-electron chi connectivity index (χ0n) is 11.4. The Morgan fingerprint density at radius 2 is 2.16 bits per heavy atom. The Kier molecular flexibility index (Phi) is 3.60. The van der Waals surface area contributed by atoms with Gasteiger partial charge in [0, 0.05) is 26.6 Å². The van der Waals surface area contributed by atoms with Crippen LogP contribution in [0.1, 0.15) is 28.9 Å². The molecule has 4 nitrogen and oxygen atoms in total. The molecule has 1 aliphatic rings. The fraction of sp³-hybridized carbons (Fsp3) is 0.467. The van der Waals surface area contributed by atoms with Crippen molar-refractivity contribution in [2.24, 2.45) is 7.05 Å². The minimum Gasteiger partial charge on any atom is -0.321 e. The van der Waals surface area contributed by atoms with Gasteiger partial charge in [-0.2, -0.15) is 0 Å². The molecule has 0 aliphatic heterocycles. The molecule has 19 heavy (non-hydrogen) atoms. The monoisotopic (exact) mass is 256 g/mol. The normalized spacial score (nSPS) is 13.7. The maximum absolute atomic E-state index is 4.08. The van der Waals surface area contributed by atoms with Crippen LogP contribution in [-0.2, 0) is 32.9 Å². The number of rotatable bonds is 5. The molecule has 0 spiro atoms. The van der Waals surface area contributed by atoms with E-state index in [0.29, 0.717) is 0 Å². The van der Waals surface area contributed by atoms with Gasteiger partial charge in [-0.3, -0.25) is 0 Å². The Morgan fingerprint density at radius 1 is 1.26 bits per heavy atom. The van der Waals surface area contributed by atoms with Gasteiger partial charge in [-0.1, -0.05) is 18.2 Å². The molecule has 0 unspecified atom stereocenters. The SMILES string of the molecule is Cn1cnnc1CCNCc1ccc2c(c1)CCC2. The number of benzene rings is 1. The second-order valence-electron chi connectivity index (χ2n) is 5.24. The smallest absolute Gasteiger partial charge is 0.133 e. The van der Waals surface area contributed by atoms with E-state index in [1.807, 2.05) is 11.6 Å². The van der Waals surface area contributed by atoms with E-state index in [0.717, 1.165) is 25.3 Å². The summed E-state index contributed by atoms with van der Waals surface area (Å²) < 4.78 is 1.97. The molecule has 0 saturated heterocycles. The van der Waals surface area contributed by atoms with Crippen molar-refractivity contribution < 1.29 is 0 Å². The summed E-state index contributed by atoms with van der Waals surface area (Å²) in [5.41, 5.74) is 4.48. The number of nitrogens with one attached hydrogen (secondary N) is 1. The van der Waals surface area contributed by atoms with Crippen LogP contribution in [0, 0.1) is 0 Å². The van der Waals surface area contributed by atoms with Crippen LogP contribution in [0.3, 0.4) is 0 Å². The lowest BCUT2D eigenvalue weighted by atomic mass is 10.1. The largest absolute Gasteiger partial charge is 0.321 e. The summed E-state index contributed by atoms with van der Waals surface area (Å²) in [7, 11) is 1.98. The highest BCUT2D eigenvalue weighted by Crippen LogP contribution is 2.22. The second kappa shape index (κ2) is 5.53. The molecular formula is C15H20N4. The van der Waals surface area contributed by atoms with E-state index in [9.17, 15) is 0 Å². The standard InChI is InChI=1S/C15H20N4/c1-19-11-17-18-15(19)7-8-16-10-12-5-6-13-3-2-4-14(13)9-12/h5-6,9,11,16H,2-4,7-8,10H2,1H3. The van der Waals surface area contributed by atoms with Gasteiger partial charge in [-0.25, -0.2) is 0 Å². The Morgan fingerprint density at radius 3 is 3.00 bits per heavy atom. The molecule has 0 amide bonds. The van der Waals surface area contributed by atoms with E-state index in [2.05, 4.69) is 33.7 Å². The lowest BCUT2D eigenvalue weighted by molar-refractivity contribution is 0.653. The fourth-order valence-corrected chi connectivity index (χ4v) is 2.70. The van der Waals surface area contributed by atoms with Gasteiger partial charge >= 0.3 is 0 Å². The van der Waals surface area contributed by atoms with E-state index in [4.69, 9.17) is 0 Å². The van der Waals surface area contributed by atoms with E-state index < -0.39 is 0 Å². The van der Waals surface area contributed by atoms with Gasteiger partial charge < -0.3 is 9.88 Å². The molecule has 0 bridgehead atoms. The maximum atomic E-state index is 4.08. The van der Waals surface area contributed by atoms with E-state index >= 15 is 0 Å². The third-order valence-electron chi connectivity index (χ3n) is 3.82. The minimum atomic E-state index is 0.918. The Balaban J connectivity index is 1.49. The molecule has 1 aromatic heterocycles. The molecule has 1 aliphatic carbocycles. The van der Waals surface area contributed by atoms with Gasteiger partial charge in [-0.05, 0) is 36.0 Å². The average molecular weight is 256 g/mol. The van der Waals surface area contributed by atoms with Crippen molar-refractivity contribution in [3.8, 4) is 0 Å². The summed E-state index contributed by atoms with van der Waals surface area (Å²) in [6, 6.07) is 6.90. The molecule has 2 aromatic rings. The van der Waals surface area contributed by atoms with Crippen molar-refractivity contribution in [3.05, 3.63) is 47.0 Å². The average Bonchev–Trinajstić information content (AvgIpc) is 3.03. The Bertz CT molecular complexity index is 559. The summed E-state index contributed by atoms with van der Waals surface area (Å²) in [5.74, 6) is 1.03. The number of nitrogens with zero attached hydrogens (tertiary/aromatic N) is 3. The maximum Gasteiger partial charge on any atom is 0.133 e. The van der Waals surface area contributed by atoms with E-state index in [1.165, 1.54) is 24.8 Å². The van der Waals surface area contributed by atoms with E-state index in [1.54, 1.807) is 17.5 Å². The first-order valence-corrected chi connectivity index (χ1v) is 6.97. The molecule has 1 heterocycles. The molecule has 100 valence electrons. The molecule has 0 atom stereocenters. The van der Waals surface area contributed by atoms with Crippen molar-refractivity contribution in [3.63, 3.8) is 0 Å². The van der Waals surface area contributed by atoms with E-state index in [-0.39, 0.29) is 0 Å². The lowest BCUT2D eigenvalue weighted by Gasteiger charge is -2.07. The summed E-state index contributed by atoms with van der Waals surface area (Å²) in [6.45, 7) is 1.87. The molecule has 1 N–H and O–H groups in total. The molecular weight excluding hydrogens is 236 g/mol. The predicted octanol–water partition coefficient (Wildman–Crippen LogP) is 1.64. The molecule has 3 rings (SSSR count). The van der Waals surface area contributed by atoms with Crippen molar-refractivity contribution in [1.82, 2.24) is 20.1 Å². The second-order valence-corrected chi connectivity index (χ2v) is 5.24. The summed E-state index contributed by atoms with van der Waals surface area (Å²) >= 11 is 0. The topological polar surface area (TPSA) is 42.7 Å². The van der Waals surface area contributed by atoms with Crippen LogP contribution >= 0.6 is 0 Å². The predicted molar refractivity (Wildman–Crippen MR) is 74.9 cm³/mol. The molecule has 1 aromatic carbocycles. The van der Waals surface area contributed by atoms with Gasteiger partial charge in [0.15, 0.2) is 0 Å². The van der Waals surface area contributed by atoms with Crippen LogP contribution in [0.25, 0.3) is 0 Å². The first-order valence-electron chi connectivity index (χ1n) is 6.97. The Labute approximate surface area is 113 Å². The van der Waals surface area contributed by atoms with Crippen molar-refractivity contribution in [2.45, 2.75) is 32.2 Å². The number of aromatic nitrogens is 3. The van der Waals surface area contributed by atoms with Crippen LogP contribution in [-0.4, -0.2) is 21.3 Å². The third kappa shape index (κ3) is 2.84. The van der Waals surface area contributed by atoms with Crippen LogP contribution in [0.15, 0.2) is 24.5 Å². The first kappa shape index (κ1) is 12.4. The minimum absolute atomic E-state index is 0.918. The molecule has 0 saturated carbocycles. The zero-order valence-corrected chi connectivity index (χ0v) is 11.4. The first-order chi connectivity index (χ1) is 9.33. The Hall–Kier alpha value is -1.68. The molecule has 4 heteroatoms. The lowest BCUT2D eigenvalue weighted by Crippen LogP contribution is -2.18. The molecule has 0 fully saturated rings. The van der Waals surface area contributed by atoms with Crippen molar-refractivity contribution >= 4 is 0 Å². The quantitative estimate of drug-likeness (QED) is 0.827. The van der Waals surface area contributed by atoms with Crippen molar-refractivity contribution in [1.29, 1.82) is 0 Å². The fourth-order valence-electron chi connectivity index (χ4n) is 2.70. The van der Waals surface area contributed by atoms with Crippen LogP contribution in [0.2, 0.25) is 0 Å². The zero-order chi connectivity index (χ0) is 13.1. The van der Waals surface area contributed by atoms with Gasteiger partial charge in [-0.15, -0.1) is 10.2 Å². The van der Waals surface area contributed by atoms with Crippen LogP contribution in [0.4, 0.5) is 0 Å². The van der Waals surface area contributed by atoms with Crippen molar-refractivity contribution in [2.75, 3.05) is 6.54 Å². The highest BCUT2D eigenvalue weighted by atomic mass is 15.2. The summed E-state index contributed by atoms with van der Waals surface area (Å²) in [5, 5.41) is 11.4. The van der Waals surface area contributed by atoms with Gasteiger partial charge in [0.2, 0.25) is 0 Å². The van der Waals surface area contributed by atoms with Gasteiger partial charge in [0.1, 0.15) is 12.2 Å². The number of hydrogen-bond acceptors (Lipinski definition) is 3. The summed E-state index contributed by atoms with van der Waals surface area (Å²) in [4.78, 5) is 0. The number of fused-ring (bicyclic) bond motifs is 1. The van der Waals surface area contributed by atoms with Gasteiger partial charge in [0.05, 0.1) is 0 Å².